The van der Waals surface area contributed by atoms with Gasteiger partial charge in [-0.05, 0) is 12.0 Å². The fourth-order valence-corrected chi connectivity index (χ4v) is 1.91. The van der Waals surface area contributed by atoms with Crippen molar-refractivity contribution in [3.63, 3.8) is 0 Å². The molecule has 1 amide bonds. The number of phenolic OH excluding ortho intramolecular Hbond substituents is 1. The monoisotopic (exact) mass is 255 g/mol. The molecule has 0 aliphatic carbocycles. The SMILES string of the molecule is CC(C)C(CCl)NC(=O)Cc1ccccc1O. The Morgan fingerprint density at radius 2 is 2.06 bits per heavy atom. The van der Waals surface area contributed by atoms with E-state index in [0.29, 0.717) is 17.4 Å². The highest BCUT2D eigenvalue weighted by atomic mass is 35.5. The molecule has 0 aliphatic heterocycles. The Morgan fingerprint density at radius 1 is 1.41 bits per heavy atom. The topological polar surface area (TPSA) is 49.3 Å². The summed E-state index contributed by atoms with van der Waals surface area (Å²) in [7, 11) is 0. The van der Waals surface area contributed by atoms with Crippen LogP contribution >= 0.6 is 11.6 Å². The van der Waals surface area contributed by atoms with Crippen molar-refractivity contribution >= 4 is 17.5 Å². The lowest BCUT2D eigenvalue weighted by atomic mass is 10.1. The van der Waals surface area contributed by atoms with Gasteiger partial charge in [-0.25, -0.2) is 0 Å². The smallest absolute Gasteiger partial charge is 0.224 e. The maximum atomic E-state index is 11.8. The Labute approximate surface area is 107 Å². The molecule has 1 rings (SSSR count). The number of para-hydroxylation sites is 1. The highest BCUT2D eigenvalue weighted by molar-refractivity contribution is 6.18. The van der Waals surface area contributed by atoms with Crippen LogP contribution in [-0.4, -0.2) is 22.9 Å². The largest absolute Gasteiger partial charge is 0.508 e. The minimum absolute atomic E-state index is 0.0324. The number of halogens is 1. The maximum Gasteiger partial charge on any atom is 0.224 e. The zero-order chi connectivity index (χ0) is 12.8. The normalized spacial score (nSPS) is 12.5. The summed E-state index contributed by atoms with van der Waals surface area (Å²) in [6, 6.07) is 6.80. The summed E-state index contributed by atoms with van der Waals surface area (Å²) in [5, 5.41) is 12.4. The van der Waals surface area contributed by atoms with Crippen LogP contribution in [0.15, 0.2) is 24.3 Å². The number of aromatic hydroxyl groups is 1. The predicted molar refractivity (Wildman–Crippen MR) is 69.3 cm³/mol. The van der Waals surface area contributed by atoms with E-state index < -0.39 is 0 Å². The number of benzene rings is 1. The van der Waals surface area contributed by atoms with E-state index in [4.69, 9.17) is 11.6 Å². The van der Waals surface area contributed by atoms with Gasteiger partial charge in [0.15, 0.2) is 0 Å². The summed E-state index contributed by atoms with van der Waals surface area (Å²) in [5.74, 6) is 0.714. The number of hydrogen-bond acceptors (Lipinski definition) is 2. The van der Waals surface area contributed by atoms with Gasteiger partial charge in [0.1, 0.15) is 5.75 Å². The molecule has 0 bridgehead atoms. The molecule has 1 aromatic rings. The molecule has 1 unspecified atom stereocenters. The van der Waals surface area contributed by atoms with Crippen LogP contribution in [0, 0.1) is 5.92 Å². The van der Waals surface area contributed by atoms with E-state index in [2.05, 4.69) is 5.32 Å². The van der Waals surface area contributed by atoms with Crippen molar-refractivity contribution in [3.05, 3.63) is 29.8 Å². The average Bonchev–Trinajstić information content (AvgIpc) is 2.28. The maximum absolute atomic E-state index is 11.8. The number of carbonyl (C=O) groups is 1. The van der Waals surface area contributed by atoms with E-state index in [9.17, 15) is 9.90 Å². The van der Waals surface area contributed by atoms with E-state index >= 15 is 0 Å². The van der Waals surface area contributed by atoms with Gasteiger partial charge < -0.3 is 10.4 Å². The van der Waals surface area contributed by atoms with Crippen LogP contribution < -0.4 is 5.32 Å². The molecule has 94 valence electrons. The van der Waals surface area contributed by atoms with Crippen molar-refractivity contribution in [2.24, 2.45) is 5.92 Å². The van der Waals surface area contributed by atoms with E-state index in [1.54, 1.807) is 24.3 Å². The van der Waals surface area contributed by atoms with E-state index in [1.807, 2.05) is 13.8 Å². The van der Waals surface area contributed by atoms with Gasteiger partial charge >= 0.3 is 0 Å². The van der Waals surface area contributed by atoms with Gasteiger partial charge in [0.2, 0.25) is 5.91 Å². The fourth-order valence-electron chi connectivity index (χ4n) is 1.47. The second-order valence-corrected chi connectivity index (χ2v) is 4.69. The molecule has 1 aromatic carbocycles. The molecule has 4 heteroatoms. The van der Waals surface area contributed by atoms with Gasteiger partial charge in [0, 0.05) is 17.5 Å². The van der Waals surface area contributed by atoms with Crippen molar-refractivity contribution in [3.8, 4) is 5.75 Å². The minimum Gasteiger partial charge on any atom is -0.508 e. The van der Waals surface area contributed by atoms with Crippen LogP contribution in [0.3, 0.4) is 0 Å². The Balaban J connectivity index is 2.58. The van der Waals surface area contributed by atoms with Gasteiger partial charge in [-0.15, -0.1) is 11.6 Å². The lowest BCUT2D eigenvalue weighted by molar-refractivity contribution is -0.121. The van der Waals surface area contributed by atoms with Gasteiger partial charge in [0.25, 0.3) is 0 Å². The zero-order valence-electron chi connectivity index (χ0n) is 10.1. The van der Waals surface area contributed by atoms with Crippen LogP contribution in [0.2, 0.25) is 0 Å². The Hall–Kier alpha value is -1.22. The molecule has 0 fully saturated rings. The van der Waals surface area contributed by atoms with Crippen LogP contribution in [-0.2, 0) is 11.2 Å². The molecule has 0 heterocycles. The summed E-state index contributed by atoms with van der Waals surface area (Å²) in [4.78, 5) is 11.8. The number of phenols is 1. The van der Waals surface area contributed by atoms with E-state index in [0.717, 1.165) is 0 Å². The molecule has 0 saturated carbocycles. The first-order valence-corrected chi connectivity index (χ1v) is 6.20. The molecule has 0 radical (unpaired) electrons. The highest BCUT2D eigenvalue weighted by Gasteiger charge is 2.15. The first-order chi connectivity index (χ1) is 8.04. The fraction of sp³-hybridized carbons (Fsp3) is 0.462. The standard InChI is InChI=1S/C13H18ClNO2/c1-9(2)11(8-14)15-13(17)7-10-5-3-4-6-12(10)16/h3-6,9,11,16H,7-8H2,1-2H3,(H,15,17). The molecule has 0 aliphatic rings. The first kappa shape index (κ1) is 13.8. The third-order valence-corrected chi connectivity index (χ3v) is 2.99. The zero-order valence-corrected chi connectivity index (χ0v) is 10.9. The molecular weight excluding hydrogens is 238 g/mol. The molecule has 17 heavy (non-hydrogen) atoms. The van der Waals surface area contributed by atoms with Gasteiger partial charge in [-0.3, -0.25) is 4.79 Å². The van der Waals surface area contributed by atoms with E-state index in [1.165, 1.54) is 0 Å². The van der Waals surface area contributed by atoms with Crippen molar-refractivity contribution in [2.75, 3.05) is 5.88 Å². The Kier molecular flexibility index (Phi) is 5.29. The summed E-state index contributed by atoms with van der Waals surface area (Å²) in [6.45, 7) is 4.01. The summed E-state index contributed by atoms with van der Waals surface area (Å²) in [6.07, 6.45) is 0.173. The van der Waals surface area contributed by atoms with Crippen LogP contribution in [0.25, 0.3) is 0 Å². The van der Waals surface area contributed by atoms with Crippen LogP contribution in [0.5, 0.6) is 5.75 Å². The number of alkyl halides is 1. The molecule has 0 spiro atoms. The lowest BCUT2D eigenvalue weighted by Gasteiger charge is -2.19. The number of amides is 1. The van der Waals surface area contributed by atoms with Gasteiger partial charge in [-0.1, -0.05) is 32.0 Å². The van der Waals surface area contributed by atoms with Crippen LogP contribution in [0.4, 0.5) is 0 Å². The lowest BCUT2D eigenvalue weighted by Crippen LogP contribution is -2.40. The van der Waals surface area contributed by atoms with Crippen LogP contribution in [0.1, 0.15) is 19.4 Å². The van der Waals surface area contributed by atoms with Gasteiger partial charge in [-0.2, -0.15) is 0 Å². The third kappa shape index (κ3) is 4.27. The molecule has 3 nitrogen and oxygen atoms in total. The summed E-state index contributed by atoms with van der Waals surface area (Å²) >= 11 is 5.78. The quantitative estimate of drug-likeness (QED) is 0.794. The van der Waals surface area contributed by atoms with Crippen molar-refractivity contribution in [2.45, 2.75) is 26.3 Å². The third-order valence-electron chi connectivity index (χ3n) is 2.66. The Bertz CT molecular complexity index is 379. The molecule has 2 N–H and O–H groups in total. The second-order valence-electron chi connectivity index (χ2n) is 4.38. The molecule has 0 saturated heterocycles. The average molecular weight is 256 g/mol. The number of hydrogen-bond donors (Lipinski definition) is 2. The van der Waals surface area contributed by atoms with Crippen molar-refractivity contribution in [1.82, 2.24) is 5.32 Å². The predicted octanol–water partition coefficient (Wildman–Crippen LogP) is 2.31. The molecule has 1 atom stereocenters. The van der Waals surface area contributed by atoms with Crippen molar-refractivity contribution < 1.29 is 9.90 Å². The number of rotatable bonds is 5. The van der Waals surface area contributed by atoms with Crippen molar-refractivity contribution in [1.29, 1.82) is 0 Å². The molecule has 0 aromatic heterocycles. The highest BCUT2D eigenvalue weighted by Crippen LogP contribution is 2.16. The van der Waals surface area contributed by atoms with Gasteiger partial charge in [0.05, 0.1) is 6.42 Å². The first-order valence-electron chi connectivity index (χ1n) is 5.66. The number of nitrogens with one attached hydrogen (secondary N) is 1. The number of carbonyl (C=O) groups excluding carboxylic acids is 1. The molecular formula is C13H18ClNO2. The summed E-state index contributed by atoms with van der Waals surface area (Å²) < 4.78 is 0. The Morgan fingerprint density at radius 3 is 2.59 bits per heavy atom. The second kappa shape index (κ2) is 6.50. The summed E-state index contributed by atoms with van der Waals surface area (Å²) in [5.41, 5.74) is 0.627. The minimum atomic E-state index is -0.120. The van der Waals surface area contributed by atoms with E-state index in [-0.39, 0.29) is 24.1 Å².